The summed E-state index contributed by atoms with van der Waals surface area (Å²) in [4.78, 5) is 17.3. The Morgan fingerprint density at radius 1 is 1.46 bits per heavy atom. The van der Waals surface area contributed by atoms with E-state index in [4.69, 9.17) is 10.5 Å². The Hall–Kier alpha value is -2.47. The summed E-state index contributed by atoms with van der Waals surface area (Å²) in [6.07, 6.45) is 4.61. The lowest BCUT2D eigenvalue weighted by molar-refractivity contribution is -0.156. The summed E-state index contributed by atoms with van der Waals surface area (Å²) in [5.41, 5.74) is 7.81. The number of nitrogens with zero attached hydrogens (tertiary/aromatic N) is 1. The fourth-order valence-electron chi connectivity index (χ4n) is 3.73. The van der Waals surface area contributed by atoms with Gasteiger partial charge in [-0.05, 0) is 74.7 Å². The Balaban J connectivity index is 2.05. The summed E-state index contributed by atoms with van der Waals surface area (Å²) in [7, 11) is 0. The number of esters is 1. The van der Waals surface area contributed by atoms with Gasteiger partial charge >= 0.3 is 5.97 Å². The number of fused-ring (bicyclic) bond motifs is 1. The van der Waals surface area contributed by atoms with E-state index in [1.54, 1.807) is 19.1 Å². The Kier molecular flexibility index (Phi) is 5.23. The molecule has 0 saturated heterocycles. The summed E-state index contributed by atoms with van der Waals surface area (Å²) in [5, 5.41) is 10.2. The second-order valence-corrected chi connectivity index (χ2v) is 6.71. The van der Waals surface area contributed by atoms with E-state index in [9.17, 15) is 14.3 Å². The van der Waals surface area contributed by atoms with Crippen molar-refractivity contribution in [2.45, 2.75) is 38.7 Å². The van der Waals surface area contributed by atoms with Gasteiger partial charge < -0.3 is 15.6 Å². The third-order valence-electron chi connectivity index (χ3n) is 5.02. The van der Waals surface area contributed by atoms with Gasteiger partial charge in [-0.3, -0.25) is 4.79 Å². The lowest BCUT2D eigenvalue weighted by atomic mass is 9.62. The second kappa shape index (κ2) is 7.41. The van der Waals surface area contributed by atoms with Crippen LogP contribution in [0.5, 0.6) is 0 Å². The van der Waals surface area contributed by atoms with Gasteiger partial charge in [-0.15, -0.1) is 0 Å². The van der Waals surface area contributed by atoms with Crippen LogP contribution in [0.1, 0.15) is 32.6 Å². The maximum atomic E-state index is 13.1. The summed E-state index contributed by atoms with van der Waals surface area (Å²) >= 11 is 0. The average molecular weight is 358 g/mol. The van der Waals surface area contributed by atoms with Crippen LogP contribution in [0, 0.1) is 11.2 Å². The maximum Gasteiger partial charge on any atom is 0.316 e. The third-order valence-corrected chi connectivity index (χ3v) is 5.02. The number of benzene rings is 1. The molecule has 2 aliphatic rings. The first-order chi connectivity index (χ1) is 12.5. The Morgan fingerprint density at radius 2 is 2.19 bits per heavy atom. The number of hydrogen-bond acceptors (Lipinski definition) is 5. The molecule has 5 nitrogen and oxygen atoms in total. The van der Waals surface area contributed by atoms with Crippen molar-refractivity contribution in [3.8, 4) is 0 Å². The maximum absolute atomic E-state index is 13.1. The second-order valence-electron chi connectivity index (χ2n) is 6.71. The molecule has 1 aromatic carbocycles. The van der Waals surface area contributed by atoms with E-state index in [1.165, 1.54) is 18.3 Å². The minimum atomic E-state index is -0.888. The molecule has 138 valence electrons. The van der Waals surface area contributed by atoms with Gasteiger partial charge in [0.2, 0.25) is 0 Å². The summed E-state index contributed by atoms with van der Waals surface area (Å²) in [5.74, 6) is -0.654. The van der Waals surface area contributed by atoms with Gasteiger partial charge in [0.15, 0.2) is 0 Å². The highest BCUT2D eigenvalue weighted by Gasteiger charge is 2.50. The number of ether oxygens (including phenoxy) is 1. The van der Waals surface area contributed by atoms with E-state index in [0.29, 0.717) is 42.7 Å². The van der Waals surface area contributed by atoms with E-state index in [0.717, 1.165) is 5.57 Å². The van der Waals surface area contributed by atoms with Crippen molar-refractivity contribution in [3.63, 3.8) is 0 Å². The molecule has 1 saturated carbocycles. The Bertz CT molecular complexity index is 783. The Morgan fingerprint density at radius 3 is 2.85 bits per heavy atom. The van der Waals surface area contributed by atoms with Gasteiger partial charge in [0.25, 0.3) is 0 Å². The lowest BCUT2D eigenvalue weighted by Gasteiger charge is -2.42. The fraction of sp³-hybridized carbons (Fsp3) is 0.400. The molecule has 2 atom stereocenters. The predicted octanol–water partition coefficient (Wildman–Crippen LogP) is 3.17. The van der Waals surface area contributed by atoms with E-state index in [1.807, 2.05) is 6.08 Å². The van der Waals surface area contributed by atoms with Crippen LogP contribution in [0.3, 0.4) is 0 Å². The minimum absolute atomic E-state index is 0.280. The number of aliphatic hydroxyl groups is 1. The van der Waals surface area contributed by atoms with Crippen molar-refractivity contribution < 1.29 is 19.0 Å². The van der Waals surface area contributed by atoms with Gasteiger partial charge in [0.05, 0.1) is 29.5 Å². The zero-order chi connectivity index (χ0) is 18.7. The van der Waals surface area contributed by atoms with Crippen LogP contribution in [-0.2, 0) is 9.53 Å². The van der Waals surface area contributed by atoms with Gasteiger partial charge in [-0.25, -0.2) is 9.38 Å². The van der Waals surface area contributed by atoms with Crippen molar-refractivity contribution in [3.05, 3.63) is 53.5 Å². The normalized spacial score (nSPS) is 28.6. The van der Waals surface area contributed by atoms with E-state index >= 15 is 0 Å². The van der Waals surface area contributed by atoms with Crippen LogP contribution in [0.25, 0.3) is 0 Å². The van der Waals surface area contributed by atoms with E-state index in [-0.39, 0.29) is 18.4 Å². The van der Waals surface area contributed by atoms with Crippen LogP contribution in [0.4, 0.5) is 10.1 Å². The molecular formula is C20H23FN2O3. The first kappa shape index (κ1) is 18.3. The molecule has 0 radical (unpaired) electrons. The lowest BCUT2D eigenvalue weighted by Crippen LogP contribution is -2.44. The highest BCUT2D eigenvalue weighted by molar-refractivity contribution is 6.12. The van der Waals surface area contributed by atoms with Gasteiger partial charge in [0.1, 0.15) is 5.82 Å². The van der Waals surface area contributed by atoms with E-state index < -0.39 is 11.5 Å². The van der Waals surface area contributed by atoms with Gasteiger partial charge in [-0.2, -0.15) is 0 Å². The van der Waals surface area contributed by atoms with Crippen molar-refractivity contribution in [1.29, 1.82) is 0 Å². The number of allylic oxidation sites excluding steroid dienone is 2. The zero-order valence-corrected chi connectivity index (χ0v) is 14.7. The highest BCUT2D eigenvalue weighted by Crippen LogP contribution is 2.49. The number of aliphatic hydroxyl groups excluding tert-OH is 1. The van der Waals surface area contributed by atoms with Crippen molar-refractivity contribution >= 4 is 17.4 Å². The smallest absolute Gasteiger partial charge is 0.316 e. The number of carbonyl (C=O) groups is 1. The van der Waals surface area contributed by atoms with Crippen LogP contribution < -0.4 is 5.73 Å². The predicted molar refractivity (Wildman–Crippen MR) is 97.4 cm³/mol. The molecule has 0 aromatic heterocycles. The fourth-order valence-corrected chi connectivity index (χ4v) is 3.73. The molecule has 26 heavy (non-hydrogen) atoms. The molecule has 2 aliphatic carbocycles. The first-order valence-corrected chi connectivity index (χ1v) is 8.80. The van der Waals surface area contributed by atoms with Crippen LogP contribution >= 0.6 is 0 Å². The molecule has 1 fully saturated rings. The van der Waals surface area contributed by atoms with Gasteiger partial charge in [-0.1, -0.05) is 5.57 Å². The third kappa shape index (κ3) is 3.42. The number of halogens is 1. The largest absolute Gasteiger partial charge is 0.465 e. The van der Waals surface area contributed by atoms with Crippen LogP contribution in [0.2, 0.25) is 0 Å². The topological polar surface area (TPSA) is 84.9 Å². The summed E-state index contributed by atoms with van der Waals surface area (Å²) in [6, 6.07) is 5.88. The molecular weight excluding hydrogens is 335 g/mol. The Labute approximate surface area is 152 Å². The molecule has 6 heteroatoms. The number of rotatable bonds is 3. The summed E-state index contributed by atoms with van der Waals surface area (Å²) in [6.45, 7) is 2.04. The van der Waals surface area contributed by atoms with Crippen molar-refractivity contribution in [1.82, 2.24) is 0 Å². The van der Waals surface area contributed by atoms with Gasteiger partial charge in [0, 0.05) is 0 Å². The molecule has 1 aromatic rings. The average Bonchev–Trinajstić information content (AvgIpc) is 2.63. The molecule has 3 N–H and O–H groups in total. The quantitative estimate of drug-likeness (QED) is 0.813. The molecule has 0 spiro atoms. The molecule has 0 heterocycles. The standard InChI is InChI=1S/C20H23FN2O3/c1-2-26-19(25)20-10-13(12-22)18(9-14(20)3-8-17(24)11-20)23-16-6-4-15(21)5-7-16/h4-7,9,12,17,24H,2-3,8,10-11,22H2,1H3/t17?,20-/m0/s1. The van der Waals surface area contributed by atoms with Crippen LogP contribution in [-0.4, -0.2) is 29.5 Å². The highest BCUT2D eigenvalue weighted by atomic mass is 19.1. The molecule has 0 amide bonds. The first-order valence-electron chi connectivity index (χ1n) is 8.80. The molecule has 1 unspecified atom stereocenters. The monoisotopic (exact) mass is 358 g/mol. The molecule has 0 bridgehead atoms. The number of aliphatic imine (C=N–C) groups is 1. The van der Waals surface area contributed by atoms with E-state index in [2.05, 4.69) is 4.99 Å². The zero-order valence-electron chi connectivity index (χ0n) is 14.7. The number of hydrogen-bond donors (Lipinski definition) is 2. The minimum Gasteiger partial charge on any atom is -0.465 e. The number of nitrogens with two attached hydrogens (primary N) is 1. The summed E-state index contributed by atoms with van der Waals surface area (Å²) < 4.78 is 18.4. The van der Waals surface area contributed by atoms with Crippen LogP contribution in [0.15, 0.2) is 52.7 Å². The molecule has 3 rings (SSSR count). The SMILES string of the molecule is CCOC(=O)[C@]12CC(=CN)C(=Nc3ccc(F)cc3)C=C1CCC(O)C2. The van der Waals surface area contributed by atoms with Crippen molar-refractivity contribution in [2.75, 3.05) is 6.61 Å². The number of carbonyl (C=O) groups excluding carboxylic acids is 1. The van der Waals surface area contributed by atoms with Crippen molar-refractivity contribution in [2.24, 2.45) is 16.1 Å². The molecule has 0 aliphatic heterocycles.